The Morgan fingerprint density at radius 3 is 2.44 bits per heavy atom. The molecule has 16 heavy (non-hydrogen) atoms. The zero-order valence-electron chi connectivity index (χ0n) is 9.93. The Labute approximate surface area is 105 Å². The molecule has 0 fully saturated rings. The van der Waals surface area contributed by atoms with Crippen molar-refractivity contribution in [3.05, 3.63) is 34.1 Å². The smallest absolute Gasteiger partial charge is 0.124 e. The summed E-state index contributed by atoms with van der Waals surface area (Å²) in [5.41, 5.74) is 0.792. The van der Waals surface area contributed by atoms with Crippen LogP contribution < -0.4 is 0 Å². The molecule has 1 aromatic carbocycles. The summed E-state index contributed by atoms with van der Waals surface area (Å²) < 4.78 is 13.8. The number of aryl methyl sites for hydroxylation is 1. The Balaban J connectivity index is 2.61. The van der Waals surface area contributed by atoms with E-state index < -0.39 is 0 Å². The lowest BCUT2D eigenvalue weighted by Gasteiger charge is -2.25. The SMILES string of the molecule is CC(C)(C)C(O)CCc1cc(F)cc(Br)c1. The van der Waals surface area contributed by atoms with Gasteiger partial charge in [-0.3, -0.25) is 0 Å². The van der Waals surface area contributed by atoms with E-state index in [1.165, 1.54) is 12.1 Å². The Morgan fingerprint density at radius 2 is 1.94 bits per heavy atom. The molecule has 0 aliphatic rings. The van der Waals surface area contributed by atoms with Crippen molar-refractivity contribution in [2.24, 2.45) is 5.41 Å². The lowest BCUT2D eigenvalue weighted by molar-refractivity contribution is 0.0560. The molecule has 0 amide bonds. The number of halogens is 2. The first kappa shape index (κ1) is 13.7. The third-order valence-electron chi connectivity index (χ3n) is 2.63. The number of hydrogen-bond donors (Lipinski definition) is 1. The van der Waals surface area contributed by atoms with Crippen molar-refractivity contribution in [3.63, 3.8) is 0 Å². The van der Waals surface area contributed by atoms with Crippen molar-refractivity contribution in [1.29, 1.82) is 0 Å². The van der Waals surface area contributed by atoms with Crippen molar-refractivity contribution in [2.75, 3.05) is 0 Å². The van der Waals surface area contributed by atoms with Crippen LogP contribution in [-0.2, 0) is 6.42 Å². The first-order chi connectivity index (χ1) is 7.29. The number of aliphatic hydroxyl groups excluding tert-OH is 1. The van der Waals surface area contributed by atoms with Crippen LogP contribution in [0.2, 0.25) is 0 Å². The van der Waals surface area contributed by atoms with Crippen LogP contribution in [-0.4, -0.2) is 11.2 Å². The van der Waals surface area contributed by atoms with E-state index in [9.17, 15) is 9.50 Å². The van der Waals surface area contributed by atoms with Crippen LogP contribution >= 0.6 is 15.9 Å². The largest absolute Gasteiger partial charge is 0.393 e. The van der Waals surface area contributed by atoms with Crippen LogP contribution in [0.15, 0.2) is 22.7 Å². The molecule has 1 atom stereocenters. The van der Waals surface area contributed by atoms with E-state index >= 15 is 0 Å². The van der Waals surface area contributed by atoms with Crippen LogP contribution in [0.3, 0.4) is 0 Å². The topological polar surface area (TPSA) is 20.2 Å². The second kappa shape index (κ2) is 5.28. The minimum Gasteiger partial charge on any atom is -0.393 e. The summed E-state index contributed by atoms with van der Waals surface area (Å²) in [6.45, 7) is 6.00. The van der Waals surface area contributed by atoms with Gasteiger partial charge in [0.05, 0.1) is 6.10 Å². The molecule has 0 spiro atoms. The Bertz CT molecular complexity index is 337. The van der Waals surface area contributed by atoms with Gasteiger partial charge in [0, 0.05) is 4.47 Å². The molecular weight excluding hydrogens is 271 g/mol. The van der Waals surface area contributed by atoms with E-state index in [0.717, 1.165) is 10.0 Å². The summed E-state index contributed by atoms with van der Waals surface area (Å²) in [6.07, 6.45) is 0.975. The summed E-state index contributed by atoms with van der Waals surface area (Å²) in [5, 5.41) is 9.88. The zero-order chi connectivity index (χ0) is 12.3. The minimum atomic E-state index is -0.366. The molecule has 1 N–H and O–H groups in total. The van der Waals surface area contributed by atoms with Crippen molar-refractivity contribution >= 4 is 15.9 Å². The maximum absolute atomic E-state index is 13.1. The van der Waals surface area contributed by atoms with Crippen LogP contribution in [0.1, 0.15) is 32.8 Å². The molecule has 1 aromatic rings. The van der Waals surface area contributed by atoms with Crippen LogP contribution in [0.5, 0.6) is 0 Å². The molecule has 0 saturated carbocycles. The van der Waals surface area contributed by atoms with Gasteiger partial charge < -0.3 is 5.11 Å². The van der Waals surface area contributed by atoms with Gasteiger partial charge >= 0.3 is 0 Å². The Morgan fingerprint density at radius 1 is 1.31 bits per heavy atom. The highest BCUT2D eigenvalue weighted by Gasteiger charge is 2.21. The molecule has 1 unspecified atom stereocenters. The molecule has 0 aliphatic carbocycles. The van der Waals surface area contributed by atoms with E-state index in [1.807, 2.05) is 26.8 Å². The molecule has 0 aromatic heterocycles. The van der Waals surface area contributed by atoms with Gasteiger partial charge in [0.2, 0.25) is 0 Å². The normalized spacial score (nSPS) is 13.9. The maximum atomic E-state index is 13.1. The number of hydrogen-bond acceptors (Lipinski definition) is 1. The lowest BCUT2D eigenvalue weighted by Crippen LogP contribution is -2.26. The number of rotatable bonds is 3. The van der Waals surface area contributed by atoms with Crippen LogP contribution in [0, 0.1) is 11.2 Å². The van der Waals surface area contributed by atoms with E-state index in [-0.39, 0.29) is 17.3 Å². The fraction of sp³-hybridized carbons (Fsp3) is 0.538. The number of aliphatic hydroxyl groups is 1. The summed E-state index contributed by atoms with van der Waals surface area (Å²) in [7, 11) is 0. The summed E-state index contributed by atoms with van der Waals surface area (Å²) in [6, 6.07) is 4.84. The molecule has 0 heterocycles. The molecule has 0 bridgehead atoms. The second-order valence-corrected chi connectivity index (χ2v) is 6.11. The van der Waals surface area contributed by atoms with Crippen LogP contribution in [0.25, 0.3) is 0 Å². The molecule has 0 radical (unpaired) electrons. The maximum Gasteiger partial charge on any atom is 0.124 e. The standard InChI is InChI=1S/C13H18BrFO/c1-13(2,3)12(16)5-4-9-6-10(14)8-11(15)7-9/h6-8,12,16H,4-5H2,1-3H3. The van der Waals surface area contributed by atoms with E-state index in [1.54, 1.807) is 0 Å². The highest BCUT2D eigenvalue weighted by Crippen LogP contribution is 2.24. The molecule has 90 valence electrons. The van der Waals surface area contributed by atoms with E-state index in [2.05, 4.69) is 15.9 Å². The Hall–Kier alpha value is -0.410. The number of benzene rings is 1. The van der Waals surface area contributed by atoms with Crippen molar-refractivity contribution in [3.8, 4) is 0 Å². The zero-order valence-corrected chi connectivity index (χ0v) is 11.5. The third-order valence-corrected chi connectivity index (χ3v) is 3.09. The molecular formula is C13H18BrFO. The second-order valence-electron chi connectivity index (χ2n) is 5.20. The minimum absolute atomic E-state index is 0.120. The van der Waals surface area contributed by atoms with Gasteiger partial charge in [-0.25, -0.2) is 4.39 Å². The van der Waals surface area contributed by atoms with E-state index in [0.29, 0.717) is 12.8 Å². The molecule has 1 rings (SSSR count). The molecule has 0 saturated heterocycles. The van der Waals surface area contributed by atoms with E-state index in [4.69, 9.17) is 0 Å². The fourth-order valence-electron chi connectivity index (χ4n) is 1.49. The quantitative estimate of drug-likeness (QED) is 0.894. The van der Waals surface area contributed by atoms with Crippen molar-refractivity contribution < 1.29 is 9.50 Å². The summed E-state index contributed by atoms with van der Waals surface area (Å²) in [5.74, 6) is -0.241. The Kier molecular flexibility index (Phi) is 4.51. The molecule has 0 aliphatic heterocycles. The predicted molar refractivity (Wildman–Crippen MR) is 67.9 cm³/mol. The first-order valence-electron chi connectivity index (χ1n) is 5.42. The van der Waals surface area contributed by atoms with Crippen LogP contribution in [0.4, 0.5) is 4.39 Å². The summed E-state index contributed by atoms with van der Waals surface area (Å²) in [4.78, 5) is 0. The monoisotopic (exact) mass is 288 g/mol. The average molecular weight is 289 g/mol. The third kappa shape index (κ3) is 4.22. The lowest BCUT2D eigenvalue weighted by atomic mass is 9.86. The average Bonchev–Trinajstić information content (AvgIpc) is 2.11. The predicted octanol–water partition coefficient (Wildman–Crippen LogP) is 3.93. The van der Waals surface area contributed by atoms with Crippen molar-refractivity contribution in [2.45, 2.75) is 39.7 Å². The van der Waals surface area contributed by atoms with Gasteiger partial charge in [0.25, 0.3) is 0 Å². The van der Waals surface area contributed by atoms with Gasteiger partial charge in [0.15, 0.2) is 0 Å². The van der Waals surface area contributed by atoms with Gasteiger partial charge in [-0.1, -0.05) is 36.7 Å². The van der Waals surface area contributed by atoms with Gasteiger partial charge in [-0.2, -0.15) is 0 Å². The highest BCUT2D eigenvalue weighted by molar-refractivity contribution is 9.10. The molecule has 1 nitrogen and oxygen atoms in total. The molecule has 3 heteroatoms. The van der Waals surface area contributed by atoms with Gasteiger partial charge in [0.1, 0.15) is 5.82 Å². The first-order valence-corrected chi connectivity index (χ1v) is 6.21. The van der Waals surface area contributed by atoms with Gasteiger partial charge in [-0.15, -0.1) is 0 Å². The van der Waals surface area contributed by atoms with Crippen molar-refractivity contribution in [1.82, 2.24) is 0 Å². The fourth-order valence-corrected chi connectivity index (χ4v) is 2.00. The summed E-state index contributed by atoms with van der Waals surface area (Å²) >= 11 is 3.26. The van der Waals surface area contributed by atoms with Gasteiger partial charge in [-0.05, 0) is 42.0 Å². The highest BCUT2D eigenvalue weighted by atomic mass is 79.9.